The predicted molar refractivity (Wildman–Crippen MR) is 75.4 cm³/mol. The van der Waals surface area contributed by atoms with Gasteiger partial charge in [0.25, 0.3) is 0 Å². The molecule has 1 fully saturated rings. The van der Waals surface area contributed by atoms with E-state index >= 15 is 0 Å². The Morgan fingerprint density at radius 2 is 1.83 bits per heavy atom. The molecule has 18 heavy (non-hydrogen) atoms. The minimum atomic E-state index is 0.339. The van der Waals surface area contributed by atoms with Gasteiger partial charge >= 0.3 is 0 Å². The third-order valence-electron chi connectivity index (χ3n) is 3.88. The highest BCUT2D eigenvalue weighted by Gasteiger charge is 2.22. The molecule has 0 aromatic carbocycles. The lowest BCUT2D eigenvalue weighted by Crippen LogP contribution is -2.52. The Morgan fingerprint density at radius 3 is 2.39 bits per heavy atom. The predicted octanol–water partition coefficient (Wildman–Crippen LogP) is 1.45. The zero-order chi connectivity index (χ0) is 13.4. The highest BCUT2D eigenvalue weighted by atomic mass is 16.2. The fraction of sp³-hybridized carbons (Fsp3) is 0.929. The van der Waals surface area contributed by atoms with Crippen LogP contribution in [-0.2, 0) is 4.79 Å². The fourth-order valence-electron chi connectivity index (χ4n) is 2.42. The molecular formula is C14H29N3O. The number of carbonyl (C=O) groups excluding carboxylic acids is 1. The maximum atomic E-state index is 12.0. The normalized spacial score (nSPS) is 18.9. The van der Waals surface area contributed by atoms with Gasteiger partial charge in [-0.25, -0.2) is 0 Å². The smallest absolute Gasteiger partial charge is 0.222 e. The topological polar surface area (TPSA) is 49.6 Å². The van der Waals surface area contributed by atoms with Gasteiger partial charge in [0.1, 0.15) is 0 Å². The second-order valence-corrected chi connectivity index (χ2v) is 5.31. The molecule has 0 aromatic rings. The molecule has 4 heteroatoms. The van der Waals surface area contributed by atoms with Gasteiger partial charge in [0.05, 0.1) is 0 Å². The van der Waals surface area contributed by atoms with E-state index in [2.05, 4.69) is 18.7 Å². The van der Waals surface area contributed by atoms with Gasteiger partial charge in [-0.1, -0.05) is 26.2 Å². The lowest BCUT2D eigenvalue weighted by atomic mass is 10.1. The van der Waals surface area contributed by atoms with Crippen molar-refractivity contribution in [3.05, 3.63) is 0 Å². The lowest BCUT2D eigenvalue weighted by molar-refractivity contribution is -0.133. The first-order valence-corrected chi connectivity index (χ1v) is 7.41. The molecule has 1 rings (SSSR count). The number of hydrogen-bond donors (Lipinski definition) is 1. The second kappa shape index (κ2) is 8.48. The molecular weight excluding hydrogens is 226 g/mol. The van der Waals surface area contributed by atoms with E-state index in [0.717, 1.165) is 39.0 Å². The molecule has 0 aromatic heterocycles. The third kappa shape index (κ3) is 4.94. The Morgan fingerprint density at radius 1 is 1.17 bits per heavy atom. The Balaban J connectivity index is 2.19. The zero-order valence-electron chi connectivity index (χ0n) is 12.0. The van der Waals surface area contributed by atoms with Crippen LogP contribution < -0.4 is 5.73 Å². The summed E-state index contributed by atoms with van der Waals surface area (Å²) in [5.74, 6) is 0.339. The molecule has 0 bridgehead atoms. The van der Waals surface area contributed by atoms with Gasteiger partial charge in [0.15, 0.2) is 0 Å². The van der Waals surface area contributed by atoms with Gasteiger partial charge in [-0.3, -0.25) is 9.69 Å². The Labute approximate surface area is 111 Å². The summed E-state index contributed by atoms with van der Waals surface area (Å²) in [4.78, 5) is 16.4. The van der Waals surface area contributed by atoms with Crippen molar-refractivity contribution >= 4 is 5.91 Å². The van der Waals surface area contributed by atoms with E-state index in [9.17, 15) is 4.79 Å². The maximum absolute atomic E-state index is 12.0. The van der Waals surface area contributed by atoms with Gasteiger partial charge < -0.3 is 10.6 Å². The van der Waals surface area contributed by atoms with Crippen LogP contribution in [0.25, 0.3) is 0 Å². The first-order valence-electron chi connectivity index (χ1n) is 7.41. The van der Waals surface area contributed by atoms with Crippen LogP contribution in [-0.4, -0.2) is 54.5 Å². The molecule has 0 aliphatic carbocycles. The highest BCUT2D eigenvalue weighted by Crippen LogP contribution is 2.09. The number of hydrogen-bond acceptors (Lipinski definition) is 3. The maximum Gasteiger partial charge on any atom is 0.222 e. The van der Waals surface area contributed by atoms with E-state index in [1.54, 1.807) is 0 Å². The van der Waals surface area contributed by atoms with Gasteiger partial charge in [-0.05, 0) is 13.3 Å². The summed E-state index contributed by atoms with van der Waals surface area (Å²) in [7, 11) is 0. The van der Waals surface area contributed by atoms with Crippen LogP contribution in [0.1, 0.15) is 46.0 Å². The van der Waals surface area contributed by atoms with Crippen molar-refractivity contribution < 1.29 is 4.79 Å². The van der Waals surface area contributed by atoms with E-state index in [1.807, 2.05) is 4.90 Å². The van der Waals surface area contributed by atoms with Gasteiger partial charge in [0.2, 0.25) is 5.91 Å². The van der Waals surface area contributed by atoms with Crippen molar-refractivity contribution in [3.63, 3.8) is 0 Å². The van der Waals surface area contributed by atoms with Crippen molar-refractivity contribution in [2.45, 2.75) is 52.0 Å². The van der Waals surface area contributed by atoms with Gasteiger partial charge in [0, 0.05) is 45.2 Å². The van der Waals surface area contributed by atoms with Crippen LogP contribution in [0.5, 0.6) is 0 Å². The molecule has 4 nitrogen and oxygen atoms in total. The molecule has 1 aliphatic heterocycles. The van der Waals surface area contributed by atoms with Crippen LogP contribution in [0.15, 0.2) is 0 Å². The van der Waals surface area contributed by atoms with Crippen LogP contribution >= 0.6 is 0 Å². The molecule has 1 aliphatic rings. The molecule has 1 atom stereocenters. The van der Waals surface area contributed by atoms with Crippen LogP contribution in [0.3, 0.4) is 0 Å². The summed E-state index contributed by atoms with van der Waals surface area (Å²) in [6.07, 6.45) is 5.43. The zero-order valence-corrected chi connectivity index (χ0v) is 12.0. The quantitative estimate of drug-likeness (QED) is 0.701. The summed E-state index contributed by atoms with van der Waals surface area (Å²) in [6, 6.07) is 0.437. The second-order valence-electron chi connectivity index (χ2n) is 5.31. The number of carbonyl (C=O) groups is 1. The highest BCUT2D eigenvalue weighted by molar-refractivity contribution is 5.76. The molecule has 1 amide bonds. The monoisotopic (exact) mass is 255 g/mol. The van der Waals surface area contributed by atoms with Crippen LogP contribution in [0.2, 0.25) is 0 Å². The molecule has 0 spiro atoms. The number of nitrogens with two attached hydrogens (primary N) is 1. The average molecular weight is 255 g/mol. The standard InChI is InChI=1S/C14H29N3O/c1-3-4-5-6-7-14(18)17-10-8-16(9-11-17)13(2)12-15/h13H,3-12,15H2,1-2H3. The van der Waals surface area contributed by atoms with Crippen LogP contribution in [0.4, 0.5) is 0 Å². The van der Waals surface area contributed by atoms with Crippen molar-refractivity contribution in [3.8, 4) is 0 Å². The summed E-state index contributed by atoms with van der Waals surface area (Å²) in [5, 5.41) is 0. The summed E-state index contributed by atoms with van der Waals surface area (Å²) in [6.45, 7) is 8.74. The Hall–Kier alpha value is -0.610. The molecule has 106 valence electrons. The number of amides is 1. The molecule has 1 unspecified atom stereocenters. The Kier molecular flexibility index (Phi) is 7.28. The van der Waals surface area contributed by atoms with Gasteiger partial charge in [-0.15, -0.1) is 0 Å². The van der Waals surface area contributed by atoms with E-state index in [4.69, 9.17) is 5.73 Å². The van der Waals surface area contributed by atoms with Gasteiger partial charge in [-0.2, -0.15) is 0 Å². The minimum absolute atomic E-state index is 0.339. The first-order chi connectivity index (χ1) is 8.69. The molecule has 0 radical (unpaired) electrons. The molecule has 0 saturated carbocycles. The largest absolute Gasteiger partial charge is 0.340 e. The number of nitrogens with zero attached hydrogens (tertiary/aromatic N) is 2. The molecule has 1 heterocycles. The van der Waals surface area contributed by atoms with E-state index in [0.29, 0.717) is 18.5 Å². The average Bonchev–Trinajstić information content (AvgIpc) is 2.42. The number of rotatable bonds is 7. The molecule has 2 N–H and O–H groups in total. The van der Waals surface area contributed by atoms with E-state index in [-0.39, 0.29) is 0 Å². The van der Waals surface area contributed by atoms with Crippen molar-refractivity contribution in [1.82, 2.24) is 9.80 Å². The number of unbranched alkanes of at least 4 members (excludes halogenated alkanes) is 3. The van der Waals surface area contributed by atoms with Crippen LogP contribution in [0, 0.1) is 0 Å². The van der Waals surface area contributed by atoms with Crippen molar-refractivity contribution in [2.75, 3.05) is 32.7 Å². The van der Waals surface area contributed by atoms with Crippen molar-refractivity contribution in [2.24, 2.45) is 5.73 Å². The lowest BCUT2D eigenvalue weighted by Gasteiger charge is -2.37. The first kappa shape index (κ1) is 15.4. The Bertz CT molecular complexity index is 237. The SMILES string of the molecule is CCCCCCC(=O)N1CCN(C(C)CN)CC1. The fourth-order valence-corrected chi connectivity index (χ4v) is 2.42. The third-order valence-corrected chi connectivity index (χ3v) is 3.88. The summed E-state index contributed by atoms with van der Waals surface area (Å²) < 4.78 is 0. The van der Waals surface area contributed by atoms with E-state index < -0.39 is 0 Å². The minimum Gasteiger partial charge on any atom is -0.340 e. The number of piperazine rings is 1. The summed E-state index contributed by atoms with van der Waals surface area (Å²) >= 11 is 0. The van der Waals surface area contributed by atoms with E-state index in [1.165, 1.54) is 19.3 Å². The van der Waals surface area contributed by atoms with Crippen molar-refractivity contribution in [1.29, 1.82) is 0 Å². The molecule has 1 saturated heterocycles. The summed E-state index contributed by atoms with van der Waals surface area (Å²) in [5.41, 5.74) is 5.67.